The van der Waals surface area contributed by atoms with Crippen molar-refractivity contribution in [2.45, 2.75) is 32.6 Å². The third-order valence-corrected chi connectivity index (χ3v) is 4.07. The molecule has 23 heavy (non-hydrogen) atoms. The fourth-order valence-corrected chi connectivity index (χ4v) is 2.65. The number of alkyl halides is 2. The molecule has 0 atom stereocenters. The van der Waals surface area contributed by atoms with Crippen LogP contribution < -0.4 is 0 Å². The maximum atomic E-state index is 13.3. The largest absolute Gasteiger partial charge is 0.291 e. The van der Waals surface area contributed by atoms with Crippen LogP contribution in [0, 0.1) is 6.92 Å². The highest BCUT2D eigenvalue weighted by Crippen LogP contribution is 2.29. The molecule has 2 aromatic rings. The maximum Gasteiger partial charge on any atom is 0.272 e. The van der Waals surface area contributed by atoms with E-state index in [-0.39, 0.29) is 10.6 Å². The molecule has 0 N–H and O–H groups in total. The summed E-state index contributed by atoms with van der Waals surface area (Å²) in [7, 11) is 1.66. The number of aromatic nitrogens is 1. The summed E-state index contributed by atoms with van der Waals surface area (Å²) >= 11 is 6.15. The van der Waals surface area contributed by atoms with E-state index in [1.54, 1.807) is 7.05 Å². The quantitative estimate of drug-likeness (QED) is 0.688. The van der Waals surface area contributed by atoms with Gasteiger partial charge in [-0.05, 0) is 37.0 Å². The zero-order chi connectivity index (χ0) is 17.0. The van der Waals surface area contributed by atoms with Crippen molar-refractivity contribution in [3.8, 4) is 0 Å². The highest BCUT2D eigenvalue weighted by molar-refractivity contribution is 6.34. The Morgan fingerprint density at radius 1 is 1.30 bits per heavy atom. The number of hydrogen-bond acceptors (Lipinski definition) is 2. The molecule has 0 spiro atoms. The molecule has 0 radical (unpaired) electrons. The van der Waals surface area contributed by atoms with Gasteiger partial charge in [0.25, 0.3) is 5.92 Å². The summed E-state index contributed by atoms with van der Waals surface area (Å²) in [4.78, 5) is 8.35. The van der Waals surface area contributed by atoms with Crippen LogP contribution in [0.4, 0.5) is 8.78 Å². The zero-order valence-electron chi connectivity index (χ0n) is 13.4. The van der Waals surface area contributed by atoms with Gasteiger partial charge < -0.3 is 0 Å². The number of pyridine rings is 1. The van der Waals surface area contributed by atoms with Crippen molar-refractivity contribution in [3.63, 3.8) is 0 Å². The molecule has 0 fully saturated rings. The monoisotopic (exact) mass is 336 g/mol. The van der Waals surface area contributed by atoms with Gasteiger partial charge in [-0.3, -0.25) is 9.98 Å². The Kier molecular flexibility index (Phi) is 5.47. The summed E-state index contributed by atoms with van der Waals surface area (Å²) in [6.07, 6.45) is 2.61. The summed E-state index contributed by atoms with van der Waals surface area (Å²) in [5.74, 6) is -2.96. The van der Waals surface area contributed by atoms with Gasteiger partial charge in [-0.2, -0.15) is 0 Å². The van der Waals surface area contributed by atoms with Crippen molar-refractivity contribution in [1.29, 1.82) is 0 Å². The summed E-state index contributed by atoms with van der Waals surface area (Å²) in [5, 5.41) is 0.203. The Labute approximate surface area is 140 Å². The third kappa shape index (κ3) is 4.35. The molecule has 0 aliphatic rings. The predicted octanol–water partition coefficient (Wildman–Crippen LogP) is 5.21. The molecule has 0 amide bonds. The summed E-state index contributed by atoms with van der Waals surface area (Å²) < 4.78 is 26.7. The van der Waals surface area contributed by atoms with Crippen molar-refractivity contribution < 1.29 is 8.78 Å². The van der Waals surface area contributed by atoms with Crippen LogP contribution >= 0.6 is 11.6 Å². The molecule has 0 bridgehead atoms. The second-order valence-electron chi connectivity index (χ2n) is 5.54. The molecule has 0 aliphatic carbocycles. The lowest BCUT2D eigenvalue weighted by atomic mass is 10.0. The number of aliphatic imine (C=N–C) groups is 1. The number of halogens is 3. The lowest BCUT2D eigenvalue weighted by Crippen LogP contribution is -2.11. The van der Waals surface area contributed by atoms with Gasteiger partial charge in [0, 0.05) is 25.7 Å². The number of aryl methyl sites for hydroxylation is 2. The molecule has 122 valence electrons. The van der Waals surface area contributed by atoms with Gasteiger partial charge in [0.05, 0.1) is 10.7 Å². The van der Waals surface area contributed by atoms with Crippen LogP contribution in [0.1, 0.15) is 35.7 Å². The number of hydrogen-bond donors (Lipinski definition) is 0. The Balaban J connectivity index is 2.20. The number of nitrogens with zero attached hydrogens (tertiary/aromatic N) is 2. The lowest BCUT2D eigenvalue weighted by molar-refractivity contribution is 0.0171. The fraction of sp³-hybridized carbons (Fsp3) is 0.333. The molecular formula is C18H19ClF2N2. The average molecular weight is 337 g/mol. The summed E-state index contributed by atoms with van der Waals surface area (Å²) in [6.45, 7) is 2.88. The first-order valence-electron chi connectivity index (χ1n) is 7.37. The first-order chi connectivity index (χ1) is 10.8. The smallest absolute Gasteiger partial charge is 0.272 e. The van der Waals surface area contributed by atoms with Crippen molar-refractivity contribution in [2.24, 2.45) is 4.99 Å². The Morgan fingerprint density at radius 2 is 2.00 bits per heavy atom. The SMILES string of the molecule is CN=C(CCc1ccccc1C)c1ncc(C(C)(F)F)cc1Cl. The summed E-state index contributed by atoms with van der Waals surface area (Å²) in [5.41, 5.74) is 3.42. The third-order valence-electron chi connectivity index (χ3n) is 3.78. The van der Waals surface area contributed by atoms with Gasteiger partial charge >= 0.3 is 0 Å². The van der Waals surface area contributed by atoms with Gasteiger partial charge in [-0.1, -0.05) is 35.9 Å². The van der Waals surface area contributed by atoms with Gasteiger partial charge in [0.2, 0.25) is 0 Å². The van der Waals surface area contributed by atoms with Crippen LogP contribution in [0.2, 0.25) is 5.02 Å². The predicted molar refractivity (Wildman–Crippen MR) is 90.8 cm³/mol. The maximum absolute atomic E-state index is 13.3. The van der Waals surface area contributed by atoms with E-state index in [4.69, 9.17) is 11.6 Å². The van der Waals surface area contributed by atoms with Crippen LogP contribution in [0.25, 0.3) is 0 Å². The Bertz CT molecular complexity index is 721. The average Bonchev–Trinajstić information content (AvgIpc) is 2.49. The molecule has 1 aromatic heterocycles. The molecule has 2 rings (SSSR count). The number of benzene rings is 1. The van der Waals surface area contributed by atoms with Gasteiger partial charge in [-0.15, -0.1) is 0 Å². The van der Waals surface area contributed by atoms with E-state index in [0.717, 1.165) is 13.3 Å². The van der Waals surface area contributed by atoms with Crippen molar-refractivity contribution >= 4 is 17.3 Å². The minimum atomic E-state index is -2.96. The van der Waals surface area contributed by atoms with Crippen molar-refractivity contribution in [3.05, 3.63) is 63.9 Å². The molecule has 0 unspecified atom stereocenters. The van der Waals surface area contributed by atoms with E-state index in [1.807, 2.05) is 12.1 Å². The first kappa shape index (κ1) is 17.5. The topological polar surface area (TPSA) is 25.2 Å². The lowest BCUT2D eigenvalue weighted by Gasteiger charge is -2.13. The molecule has 0 aliphatic heterocycles. The minimum Gasteiger partial charge on any atom is -0.291 e. The van der Waals surface area contributed by atoms with Gasteiger partial charge in [-0.25, -0.2) is 8.78 Å². The number of rotatable bonds is 5. The van der Waals surface area contributed by atoms with Crippen LogP contribution in [0.15, 0.2) is 41.5 Å². The van der Waals surface area contributed by atoms with Crippen molar-refractivity contribution in [2.75, 3.05) is 7.05 Å². The second-order valence-corrected chi connectivity index (χ2v) is 5.95. The van der Waals surface area contributed by atoms with Crippen LogP contribution in [-0.4, -0.2) is 17.7 Å². The Hall–Kier alpha value is -1.81. The van der Waals surface area contributed by atoms with E-state index in [2.05, 4.69) is 29.0 Å². The van der Waals surface area contributed by atoms with E-state index in [1.165, 1.54) is 23.4 Å². The minimum absolute atomic E-state index is 0.194. The highest BCUT2D eigenvalue weighted by atomic mass is 35.5. The van der Waals surface area contributed by atoms with Crippen molar-refractivity contribution in [1.82, 2.24) is 4.98 Å². The standard InChI is InChI=1S/C18H19ClF2N2/c1-12-6-4-5-7-13(12)8-9-16(22-3)17-15(19)10-14(11-23-17)18(2,20)21/h4-7,10-11H,8-9H2,1-3H3. The fourth-order valence-electron chi connectivity index (χ4n) is 2.37. The van der Waals surface area contributed by atoms with E-state index >= 15 is 0 Å². The van der Waals surface area contributed by atoms with Gasteiger partial charge in [0.15, 0.2) is 0 Å². The molecule has 1 aromatic carbocycles. The molecule has 0 saturated heterocycles. The normalized spacial score (nSPS) is 12.5. The van der Waals surface area contributed by atoms with E-state index in [9.17, 15) is 8.78 Å². The Morgan fingerprint density at radius 3 is 2.57 bits per heavy atom. The van der Waals surface area contributed by atoms with Crippen LogP contribution in [-0.2, 0) is 12.3 Å². The van der Waals surface area contributed by atoms with E-state index in [0.29, 0.717) is 17.8 Å². The molecule has 2 nitrogen and oxygen atoms in total. The zero-order valence-corrected chi connectivity index (χ0v) is 14.2. The molecule has 0 saturated carbocycles. The van der Waals surface area contributed by atoms with Crippen LogP contribution in [0.3, 0.4) is 0 Å². The molecular weight excluding hydrogens is 318 g/mol. The van der Waals surface area contributed by atoms with Crippen LogP contribution in [0.5, 0.6) is 0 Å². The highest BCUT2D eigenvalue weighted by Gasteiger charge is 2.26. The molecule has 5 heteroatoms. The summed E-state index contributed by atoms with van der Waals surface area (Å²) in [6, 6.07) is 9.38. The van der Waals surface area contributed by atoms with E-state index < -0.39 is 5.92 Å². The first-order valence-corrected chi connectivity index (χ1v) is 7.75. The second kappa shape index (κ2) is 7.18. The van der Waals surface area contributed by atoms with Gasteiger partial charge in [0.1, 0.15) is 5.69 Å². The molecule has 1 heterocycles.